The van der Waals surface area contributed by atoms with Crippen LogP contribution in [0.15, 0.2) is 48.5 Å². The summed E-state index contributed by atoms with van der Waals surface area (Å²) < 4.78 is 11.3. The highest BCUT2D eigenvalue weighted by atomic mass is 16.5. The molecule has 0 fully saturated rings. The summed E-state index contributed by atoms with van der Waals surface area (Å²) in [6.45, 7) is 8.08. The smallest absolute Gasteiger partial charge is 0.119 e. The Balaban J connectivity index is 2.04. The zero-order chi connectivity index (χ0) is 19.9. The lowest BCUT2D eigenvalue weighted by Gasteiger charge is -2.26. The van der Waals surface area contributed by atoms with Gasteiger partial charge in [-0.3, -0.25) is 0 Å². The van der Waals surface area contributed by atoms with Gasteiger partial charge < -0.3 is 26.0 Å². The van der Waals surface area contributed by atoms with Crippen molar-refractivity contribution in [2.45, 2.75) is 32.3 Å². The molecule has 5 N–H and O–H groups in total. The Morgan fingerprint density at radius 1 is 0.815 bits per heavy atom. The van der Waals surface area contributed by atoms with E-state index >= 15 is 0 Å². The number of ether oxygens (including phenoxy) is 2. The van der Waals surface area contributed by atoms with Gasteiger partial charge in [-0.25, -0.2) is 0 Å². The van der Waals surface area contributed by atoms with Crippen molar-refractivity contribution in [3.05, 3.63) is 59.7 Å². The van der Waals surface area contributed by atoms with Crippen LogP contribution in [0.3, 0.4) is 0 Å². The number of nitrogens with two attached hydrogens (primary N) is 2. The lowest BCUT2D eigenvalue weighted by atomic mass is 9.78. The summed E-state index contributed by atoms with van der Waals surface area (Å²) in [5, 5.41) is 9.49. The van der Waals surface area contributed by atoms with Gasteiger partial charge in [-0.2, -0.15) is 0 Å². The van der Waals surface area contributed by atoms with Gasteiger partial charge in [-0.05, 0) is 41.9 Å². The molecule has 27 heavy (non-hydrogen) atoms. The summed E-state index contributed by atoms with van der Waals surface area (Å²) >= 11 is 0. The molecular weight excluding hydrogens is 340 g/mol. The molecule has 0 aromatic heterocycles. The maximum atomic E-state index is 9.49. The first-order valence-electron chi connectivity index (χ1n) is 9.41. The third-order valence-electron chi connectivity index (χ3n) is 4.80. The topological polar surface area (TPSA) is 90.7 Å². The molecule has 2 atom stereocenters. The molecular formula is C22H32N2O3. The van der Waals surface area contributed by atoms with E-state index in [4.69, 9.17) is 20.9 Å². The van der Waals surface area contributed by atoms with Crippen LogP contribution in [-0.2, 0) is 5.41 Å². The standard InChI is InChI=1S/C22H32N2O3/c1-16(12-23)14-26-20-8-4-17(5-9-20)22(2,3)18-6-10-21(11-7-18)27-15-19(25)13-24/h4-11,16,19,25H,12-15,23-24H2,1-3H3. The van der Waals surface area contributed by atoms with Gasteiger partial charge in [-0.1, -0.05) is 45.0 Å². The minimum Gasteiger partial charge on any atom is -0.493 e. The van der Waals surface area contributed by atoms with Crippen molar-refractivity contribution in [3.8, 4) is 11.5 Å². The van der Waals surface area contributed by atoms with Gasteiger partial charge >= 0.3 is 0 Å². The highest BCUT2D eigenvalue weighted by Crippen LogP contribution is 2.33. The van der Waals surface area contributed by atoms with Crippen LogP contribution >= 0.6 is 0 Å². The van der Waals surface area contributed by atoms with E-state index in [1.54, 1.807) is 0 Å². The summed E-state index contributed by atoms with van der Waals surface area (Å²) in [6, 6.07) is 16.2. The van der Waals surface area contributed by atoms with Crippen LogP contribution in [0.4, 0.5) is 0 Å². The predicted molar refractivity (Wildman–Crippen MR) is 109 cm³/mol. The van der Waals surface area contributed by atoms with Crippen molar-refractivity contribution in [2.24, 2.45) is 17.4 Å². The third-order valence-corrected chi connectivity index (χ3v) is 4.80. The van der Waals surface area contributed by atoms with Gasteiger partial charge in [0, 0.05) is 17.9 Å². The molecule has 2 aromatic carbocycles. The van der Waals surface area contributed by atoms with E-state index in [2.05, 4.69) is 45.0 Å². The molecule has 0 saturated carbocycles. The molecule has 5 nitrogen and oxygen atoms in total. The van der Waals surface area contributed by atoms with E-state index < -0.39 is 6.10 Å². The first kappa shape index (κ1) is 21.2. The summed E-state index contributed by atoms with van der Waals surface area (Å²) in [5.41, 5.74) is 13.2. The van der Waals surface area contributed by atoms with Crippen LogP contribution in [0, 0.1) is 5.92 Å². The number of hydrogen-bond acceptors (Lipinski definition) is 5. The quantitative estimate of drug-likeness (QED) is 0.596. The third kappa shape index (κ3) is 5.96. The van der Waals surface area contributed by atoms with E-state index in [-0.39, 0.29) is 18.6 Å². The maximum absolute atomic E-state index is 9.49. The molecule has 2 rings (SSSR count). The fourth-order valence-corrected chi connectivity index (χ4v) is 2.67. The maximum Gasteiger partial charge on any atom is 0.119 e. The van der Waals surface area contributed by atoms with Crippen molar-refractivity contribution in [2.75, 3.05) is 26.3 Å². The Kier molecular flexibility index (Phi) is 7.66. The van der Waals surface area contributed by atoms with Crippen molar-refractivity contribution in [1.82, 2.24) is 0 Å². The molecule has 0 aliphatic heterocycles. The summed E-state index contributed by atoms with van der Waals surface area (Å²) in [7, 11) is 0. The minimum absolute atomic E-state index is 0.154. The first-order valence-corrected chi connectivity index (χ1v) is 9.41. The van der Waals surface area contributed by atoms with E-state index in [1.807, 2.05) is 24.3 Å². The van der Waals surface area contributed by atoms with Crippen LogP contribution in [0.2, 0.25) is 0 Å². The Hall–Kier alpha value is -2.08. The molecule has 0 amide bonds. The number of rotatable bonds is 10. The molecule has 0 radical (unpaired) electrons. The lowest BCUT2D eigenvalue weighted by Crippen LogP contribution is -2.26. The van der Waals surface area contributed by atoms with Crippen molar-refractivity contribution in [1.29, 1.82) is 0 Å². The molecule has 0 saturated heterocycles. The van der Waals surface area contributed by atoms with E-state index in [1.165, 1.54) is 11.1 Å². The predicted octanol–water partition coefficient (Wildman–Crippen LogP) is 2.68. The Morgan fingerprint density at radius 2 is 1.26 bits per heavy atom. The van der Waals surface area contributed by atoms with Gasteiger partial charge in [-0.15, -0.1) is 0 Å². The van der Waals surface area contributed by atoms with Gasteiger partial charge in [0.1, 0.15) is 24.2 Å². The fourth-order valence-electron chi connectivity index (χ4n) is 2.67. The molecule has 2 unspecified atom stereocenters. The number of aliphatic hydroxyl groups excluding tert-OH is 1. The van der Waals surface area contributed by atoms with Crippen LogP contribution in [0.5, 0.6) is 11.5 Å². The van der Waals surface area contributed by atoms with Crippen molar-refractivity contribution >= 4 is 0 Å². The molecule has 148 valence electrons. The van der Waals surface area contributed by atoms with Crippen LogP contribution in [0.1, 0.15) is 31.9 Å². The summed E-state index contributed by atoms with van der Waals surface area (Å²) in [4.78, 5) is 0. The summed E-state index contributed by atoms with van der Waals surface area (Å²) in [5.74, 6) is 1.92. The second kappa shape index (κ2) is 9.74. The van der Waals surface area contributed by atoms with Gasteiger partial charge in [0.05, 0.1) is 6.61 Å². The molecule has 0 aliphatic rings. The molecule has 5 heteroatoms. The van der Waals surface area contributed by atoms with Gasteiger partial charge in [0.25, 0.3) is 0 Å². The SMILES string of the molecule is CC(CN)COc1ccc(C(C)(C)c2ccc(OCC(O)CN)cc2)cc1. The van der Waals surface area contributed by atoms with E-state index in [9.17, 15) is 5.11 Å². The lowest BCUT2D eigenvalue weighted by molar-refractivity contribution is 0.114. The highest BCUT2D eigenvalue weighted by molar-refractivity contribution is 5.41. The van der Waals surface area contributed by atoms with Crippen LogP contribution in [0.25, 0.3) is 0 Å². The van der Waals surface area contributed by atoms with Gasteiger partial charge in [0.15, 0.2) is 0 Å². The van der Waals surface area contributed by atoms with Crippen LogP contribution in [-0.4, -0.2) is 37.5 Å². The second-order valence-corrected chi connectivity index (χ2v) is 7.53. The average molecular weight is 373 g/mol. The van der Waals surface area contributed by atoms with Crippen molar-refractivity contribution < 1.29 is 14.6 Å². The van der Waals surface area contributed by atoms with Crippen molar-refractivity contribution in [3.63, 3.8) is 0 Å². The normalized spacial score (nSPS) is 13.9. The fraction of sp³-hybridized carbons (Fsp3) is 0.455. The van der Waals surface area contributed by atoms with E-state index in [0.29, 0.717) is 19.1 Å². The monoisotopic (exact) mass is 372 g/mol. The molecule has 0 heterocycles. The van der Waals surface area contributed by atoms with Gasteiger partial charge in [0.2, 0.25) is 0 Å². The number of hydrogen-bond donors (Lipinski definition) is 3. The number of benzene rings is 2. The first-order chi connectivity index (χ1) is 12.9. The average Bonchev–Trinajstić information content (AvgIpc) is 2.70. The Bertz CT molecular complexity index is 624. The molecule has 0 aliphatic carbocycles. The van der Waals surface area contributed by atoms with E-state index in [0.717, 1.165) is 11.5 Å². The molecule has 2 aromatic rings. The summed E-state index contributed by atoms with van der Waals surface area (Å²) in [6.07, 6.45) is -0.644. The minimum atomic E-state index is -0.644. The Labute approximate surface area is 162 Å². The zero-order valence-corrected chi connectivity index (χ0v) is 16.5. The highest BCUT2D eigenvalue weighted by Gasteiger charge is 2.23. The molecule has 0 bridgehead atoms. The largest absolute Gasteiger partial charge is 0.493 e. The zero-order valence-electron chi connectivity index (χ0n) is 16.5. The van der Waals surface area contributed by atoms with Crippen LogP contribution < -0.4 is 20.9 Å². The number of aliphatic hydroxyl groups is 1. The Morgan fingerprint density at radius 3 is 1.67 bits per heavy atom. The second-order valence-electron chi connectivity index (χ2n) is 7.53. The molecule has 0 spiro atoms.